The van der Waals surface area contributed by atoms with E-state index < -0.39 is 30.3 Å². The van der Waals surface area contributed by atoms with E-state index >= 15 is 0 Å². The van der Waals surface area contributed by atoms with Crippen molar-refractivity contribution in [3.63, 3.8) is 0 Å². The van der Waals surface area contributed by atoms with E-state index in [0.29, 0.717) is 25.3 Å². The lowest BCUT2D eigenvalue weighted by Gasteiger charge is -2.25. The molecule has 2 aromatic rings. The Balaban J connectivity index is 1.44. The molecule has 1 saturated heterocycles. The van der Waals surface area contributed by atoms with Crippen LogP contribution in [0.4, 0.5) is 5.82 Å². The van der Waals surface area contributed by atoms with Crippen LogP contribution >= 0.6 is 0 Å². The summed E-state index contributed by atoms with van der Waals surface area (Å²) in [5, 5.41) is 28.9. The maximum Gasteiger partial charge on any atom is 0.308 e. The molecular weight excluding hydrogens is 506 g/mol. The number of aliphatic hydroxyl groups is 2. The summed E-state index contributed by atoms with van der Waals surface area (Å²) in [5.41, 5.74) is 12.2. The number of aliphatic hydroxyl groups excluding tert-OH is 2. The molecule has 0 bridgehead atoms. The highest BCUT2D eigenvalue weighted by molar-refractivity contribution is 6.02. The second-order valence-electron chi connectivity index (χ2n) is 9.96. The largest absolute Gasteiger partial charge is 0.464 e. The van der Waals surface area contributed by atoms with Gasteiger partial charge in [0.25, 0.3) is 0 Å². The second-order valence-corrected chi connectivity index (χ2v) is 9.96. The molecule has 4 unspecified atom stereocenters. The summed E-state index contributed by atoms with van der Waals surface area (Å²) >= 11 is 0. The first-order valence-corrected chi connectivity index (χ1v) is 13.2. The number of hydrogen-bond donors (Lipinski definition) is 5. The summed E-state index contributed by atoms with van der Waals surface area (Å²) in [7, 11) is 0. The van der Waals surface area contributed by atoms with Crippen molar-refractivity contribution in [2.75, 3.05) is 18.9 Å². The maximum atomic E-state index is 12.5. The van der Waals surface area contributed by atoms with Crippen LogP contribution in [0.25, 0.3) is 11.2 Å². The number of nitrogens with zero attached hydrogens (tertiary/aromatic N) is 4. The molecule has 13 heteroatoms. The van der Waals surface area contributed by atoms with Crippen molar-refractivity contribution in [1.82, 2.24) is 19.5 Å². The van der Waals surface area contributed by atoms with Crippen molar-refractivity contribution in [2.24, 2.45) is 17.6 Å². The molecule has 1 aliphatic carbocycles. The molecular formula is C26H35N7O6. The van der Waals surface area contributed by atoms with Gasteiger partial charge in [0.05, 0.1) is 12.2 Å². The maximum absolute atomic E-state index is 12.5. The van der Waals surface area contributed by atoms with Gasteiger partial charge in [-0.2, -0.15) is 0 Å². The Morgan fingerprint density at radius 1 is 1.23 bits per heavy atom. The number of carbonyl (C=O) groups is 2. The third-order valence-corrected chi connectivity index (χ3v) is 7.23. The van der Waals surface area contributed by atoms with Crippen molar-refractivity contribution in [3.05, 3.63) is 12.2 Å². The highest BCUT2D eigenvalue weighted by Crippen LogP contribution is 2.33. The van der Waals surface area contributed by atoms with Crippen molar-refractivity contribution >= 4 is 34.4 Å². The molecule has 7 N–H and O–H groups in total. The normalized spacial score (nSPS) is 26.7. The Bertz CT molecular complexity index is 1280. The number of Topliss-reactive ketones (excluding diaryl/α,β-unsaturated/α-hetero) is 1. The predicted octanol–water partition coefficient (Wildman–Crippen LogP) is 0.467. The van der Waals surface area contributed by atoms with Crippen molar-refractivity contribution in [2.45, 2.75) is 76.4 Å². The summed E-state index contributed by atoms with van der Waals surface area (Å²) in [5.74, 6) is 5.89. The number of ether oxygens (including phenoxy) is 2. The smallest absolute Gasteiger partial charge is 0.308 e. The van der Waals surface area contributed by atoms with E-state index in [1.165, 1.54) is 10.9 Å². The molecule has 13 nitrogen and oxygen atoms in total. The fourth-order valence-corrected chi connectivity index (χ4v) is 4.93. The minimum Gasteiger partial charge on any atom is -0.464 e. The van der Waals surface area contributed by atoms with E-state index in [1.807, 2.05) is 0 Å². The Kier molecular flexibility index (Phi) is 9.24. The monoisotopic (exact) mass is 541 g/mol. The van der Waals surface area contributed by atoms with Crippen LogP contribution in [0.2, 0.25) is 0 Å². The molecule has 1 saturated carbocycles. The molecule has 4 atom stereocenters. The van der Waals surface area contributed by atoms with Crippen LogP contribution in [0.1, 0.15) is 63.9 Å². The van der Waals surface area contributed by atoms with Gasteiger partial charge in [-0.3, -0.25) is 14.2 Å². The minimum absolute atomic E-state index is 0.0908. The van der Waals surface area contributed by atoms with Crippen LogP contribution in [-0.4, -0.2) is 78.7 Å². The number of ketones is 1. The average Bonchev–Trinajstić information content (AvgIpc) is 3.48. The van der Waals surface area contributed by atoms with E-state index in [2.05, 4.69) is 26.8 Å². The molecule has 4 rings (SSSR count). The topological polar surface area (TPSA) is 213 Å². The van der Waals surface area contributed by atoms with Gasteiger partial charge in [-0.15, -0.1) is 0 Å². The first-order chi connectivity index (χ1) is 18.7. The molecule has 0 spiro atoms. The van der Waals surface area contributed by atoms with Crippen LogP contribution in [0.3, 0.4) is 0 Å². The number of carbonyl (C=O) groups excluding carboxylic acids is 2. The molecule has 0 amide bonds. The zero-order chi connectivity index (χ0) is 28.1. The third kappa shape index (κ3) is 6.42. The Hall–Kier alpha value is -3.44. The Morgan fingerprint density at radius 3 is 2.67 bits per heavy atom. The number of anilines is 1. The molecule has 3 heterocycles. The van der Waals surface area contributed by atoms with E-state index in [4.69, 9.17) is 26.4 Å². The van der Waals surface area contributed by atoms with Crippen LogP contribution < -0.4 is 11.5 Å². The first kappa shape index (κ1) is 28.6. The predicted molar refractivity (Wildman–Crippen MR) is 140 cm³/mol. The van der Waals surface area contributed by atoms with Crippen LogP contribution in [0.5, 0.6) is 0 Å². The third-order valence-electron chi connectivity index (χ3n) is 7.23. The van der Waals surface area contributed by atoms with E-state index in [0.717, 1.165) is 25.7 Å². The van der Waals surface area contributed by atoms with Crippen LogP contribution in [0.15, 0.2) is 6.33 Å². The summed E-state index contributed by atoms with van der Waals surface area (Å²) in [6, 6.07) is 0. The number of rotatable bonds is 9. The molecule has 2 aromatic heterocycles. The standard InChI is InChI=1S/C26H35N7O6/c1-2-16(28)12-17(34)22-20(35)21(36)25(39-22)33-13-30-19-23(29)31-18(32-24(19)33)5-3-4-14-6-8-15(9-7-14)26(37)38-11-10-27/h13-15,20-22,25,28,35-36H,2,4,6-12,27H2,1H3,(H2,29,31,32). The van der Waals surface area contributed by atoms with Crippen LogP contribution in [-0.2, 0) is 19.1 Å². The number of esters is 1. The first-order valence-electron chi connectivity index (χ1n) is 13.2. The van der Waals surface area contributed by atoms with Gasteiger partial charge in [0.2, 0.25) is 5.82 Å². The van der Waals surface area contributed by atoms with Gasteiger partial charge in [0, 0.05) is 25.1 Å². The number of nitrogen functional groups attached to an aromatic ring is 1. The molecule has 210 valence electrons. The molecule has 0 radical (unpaired) electrons. The van der Waals surface area contributed by atoms with Gasteiger partial charge in [-0.25, -0.2) is 15.0 Å². The van der Waals surface area contributed by atoms with E-state index in [1.54, 1.807) is 6.92 Å². The summed E-state index contributed by atoms with van der Waals surface area (Å²) in [6.45, 7) is 2.32. The quantitative estimate of drug-likeness (QED) is 0.167. The van der Waals surface area contributed by atoms with Gasteiger partial charge < -0.3 is 36.6 Å². The summed E-state index contributed by atoms with van der Waals surface area (Å²) in [6.07, 6.45) is 0.0965. The fourth-order valence-electron chi connectivity index (χ4n) is 4.93. The van der Waals surface area contributed by atoms with Gasteiger partial charge in [0.15, 0.2) is 23.5 Å². The number of aromatic nitrogens is 4. The zero-order valence-electron chi connectivity index (χ0n) is 21.9. The highest BCUT2D eigenvalue weighted by atomic mass is 16.6. The fraction of sp³-hybridized carbons (Fsp3) is 0.615. The van der Waals surface area contributed by atoms with Gasteiger partial charge >= 0.3 is 5.97 Å². The Morgan fingerprint density at radius 2 is 1.97 bits per heavy atom. The number of hydrogen-bond acceptors (Lipinski definition) is 12. The number of imidazole rings is 1. The van der Waals surface area contributed by atoms with E-state index in [9.17, 15) is 19.8 Å². The van der Waals surface area contributed by atoms with Gasteiger partial charge in [0.1, 0.15) is 30.4 Å². The van der Waals surface area contributed by atoms with E-state index in [-0.39, 0.29) is 53.4 Å². The van der Waals surface area contributed by atoms with Crippen LogP contribution in [0, 0.1) is 29.1 Å². The van der Waals surface area contributed by atoms with Crippen molar-refractivity contribution < 1.29 is 29.3 Å². The van der Waals surface area contributed by atoms with Gasteiger partial charge in [-0.1, -0.05) is 12.8 Å². The van der Waals surface area contributed by atoms with Crippen molar-refractivity contribution in [3.8, 4) is 11.8 Å². The molecule has 2 aliphatic rings. The van der Waals surface area contributed by atoms with Crippen molar-refractivity contribution in [1.29, 1.82) is 5.41 Å². The number of nitrogens with one attached hydrogen (secondary N) is 1. The molecule has 0 aromatic carbocycles. The lowest BCUT2D eigenvalue weighted by atomic mass is 9.81. The summed E-state index contributed by atoms with van der Waals surface area (Å²) < 4.78 is 12.3. The average molecular weight is 542 g/mol. The minimum atomic E-state index is -1.47. The highest BCUT2D eigenvalue weighted by Gasteiger charge is 2.47. The lowest BCUT2D eigenvalue weighted by molar-refractivity contribution is -0.149. The SMILES string of the molecule is CCC(=N)CC(=O)C1OC(n2cnc3c(N)nc(C#CCC4CCC(C(=O)OCCN)CC4)nc32)C(O)C1O. The Labute approximate surface area is 225 Å². The lowest BCUT2D eigenvalue weighted by Crippen LogP contribution is -2.36. The number of nitrogens with two attached hydrogens (primary N) is 2. The number of fused-ring (bicyclic) bond motifs is 1. The zero-order valence-corrected chi connectivity index (χ0v) is 21.9. The molecule has 1 aliphatic heterocycles. The second kappa shape index (κ2) is 12.6. The van der Waals surface area contributed by atoms with Gasteiger partial charge in [-0.05, 0) is 43.9 Å². The molecule has 39 heavy (non-hydrogen) atoms. The molecule has 2 fully saturated rings. The summed E-state index contributed by atoms with van der Waals surface area (Å²) in [4.78, 5) is 37.5.